The van der Waals surface area contributed by atoms with Gasteiger partial charge in [-0.2, -0.15) is 13.2 Å². The second-order valence-electron chi connectivity index (χ2n) is 7.64. The van der Waals surface area contributed by atoms with Crippen molar-refractivity contribution in [2.45, 2.75) is 32.0 Å². The molecule has 5 nitrogen and oxygen atoms in total. The number of carbonyl (C=O) groups is 1. The Morgan fingerprint density at radius 2 is 1.93 bits per heavy atom. The Bertz CT molecular complexity index is 989. The first-order valence-electron chi connectivity index (χ1n) is 9.94. The molecule has 1 aliphatic heterocycles. The Hall–Kier alpha value is -3.03. The summed E-state index contributed by atoms with van der Waals surface area (Å²) >= 11 is 0. The maximum atomic E-state index is 12.7. The number of anilines is 1. The molecule has 0 spiro atoms. The van der Waals surface area contributed by atoms with Crippen molar-refractivity contribution in [3.05, 3.63) is 60.0 Å². The molecule has 1 fully saturated rings. The lowest BCUT2D eigenvalue weighted by Crippen LogP contribution is -2.42. The van der Waals surface area contributed by atoms with Crippen LogP contribution in [-0.2, 0) is 11.0 Å². The molecule has 1 saturated heterocycles. The summed E-state index contributed by atoms with van der Waals surface area (Å²) in [4.78, 5) is 17.4. The maximum Gasteiger partial charge on any atom is 0.419 e. The molecule has 4 rings (SSSR count). The van der Waals surface area contributed by atoms with E-state index in [-0.39, 0.29) is 17.9 Å². The summed E-state index contributed by atoms with van der Waals surface area (Å²) in [5.74, 6) is 1.17. The lowest BCUT2D eigenvalue weighted by atomic mass is 9.95. The molecule has 2 aromatic heterocycles. The van der Waals surface area contributed by atoms with Gasteiger partial charge >= 0.3 is 6.18 Å². The normalized spacial score (nSPS) is 16.6. The number of piperidine rings is 1. The molecule has 0 unspecified atom stereocenters. The van der Waals surface area contributed by atoms with Crippen LogP contribution >= 0.6 is 0 Å². The Balaban J connectivity index is 1.32. The number of fused-ring (bicyclic) bond motifs is 1. The van der Waals surface area contributed by atoms with Gasteiger partial charge in [0.2, 0.25) is 5.91 Å². The number of alkyl halides is 3. The number of nitrogens with one attached hydrogen (secondary N) is 2. The molecule has 158 valence electrons. The first-order valence-corrected chi connectivity index (χ1v) is 9.94. The maximum absolute atomic E-state index is 12.7. The van der Waals surface area contributed by atoms with Crippen molar-refractivity contribution < 1.29 is 27.4 Å². The number of pyridine rings is 1. The third-order valence-corrected chi connectivity index (χ3v) is 5.56. The van der Waals surface area contributed by atoms with E-state index in [0.717, 1.165) is 23.2 Å². The number of amides is 1. The second kappa shape index (κ2) is 8.01. The molecule has 30 heavy (non-hydrogen) atoms. The number of halogens is 3. The summed E-state index contributed by atoms with van der Waals surface area (Å²) < 4.78 is 43.9. The predicted octanol–water partition coefficient (Wildman–Crippen LogP) is 4.36. The van der Waals surface area contributed by atoms with Crippen LogP contribution < -0.4 is 15.2 Å². The van der Waals surface area contributed by atoms with Crippen molar-refractivity contribution in [3.8, 4) is 0 Å². The highest BCUT2D eigenvalue weighted by Gasteiger charge is 2.34. The molecule has 0 bridgehead atoms. The number of carbonyl (C=O) groups excluding carboxylic acids is 1. The second-order valence-corrected chi connectivity index (χ2v) is 7.64. The van der Waals surface area contributed by atoms with Gasteiger partial charge in [0.05, 0.1) is 24.7 Å². The van der Waals surface area contributed by atoms with Crippen molar-refractivity contribution in [2.24, 2.45) is 5.92 Å². The molecule has 2 N–H and O–H groups in total. The Labute approximate surface area is 171 Å². The minimum Gasteiger partial charge on any atom is -0.459 e. The molecule has 0 saturated carbocycles. The number of para-hydroxylation sites is 1. The Morgan fingerprint density at radius 1 is 1.20 bits per heavy atom. The van der Waals surface area contributed by atoms with Crippen LogP contribution in [0.1, 0.15) is 37.1 Å². The van der Waals surface area contributed by atoms with Crippen LogP contribution in [0.15, 0.2) is 53.1 Å². The third kappa shape index (κ3) is 4.27. The Kier molecular flexibility index (Phi) is 5.40. The van der Waals surface area contributed by atoms with Crippen LogP contribution in [0, 0.1) is 5.92 Å². The van der Waals surface area contributed by atoms with E-state index in [1.165, 1.54) is 6.07 Å². The van der Waals surface area contributed by atoms with Gasteiger partial charge < -0.3 is 9.73 Å². The third-order valence-electron chi connectivity index (χ3n) is 5.56. The minimum absolute atomic E-state index is 0.0287. The van der Waals surface area contributed by atoms with Gasteiger partial charge in [-0.05, 0) is 38.0 Å². The topological polar surface area (TPSA) is 59.6 Å². The zero-order chi connectivity index (χ0) is 21.3. The highest BCUT2D eigenvalue weighted by atomic mass is 19.4. The summed E-state index contributed by atoms with van der Waals surface area (Å²) in [5.41, 5.74) is 0.0785. The molecule has 8 heteroatoms. The van der Waals surface area contributed by atoms with Gasteiger partial charge in [0.25, 0.3) is 5.82 Å². The highest BCUT2D eigenvalue weighted by Crippen LogP contribution is 2.29. The number of aromatic amines is 1. The lowest BCUT2D eigenvalue weighted by molar-refractivity contribution is -0.367. The van der Waals surface area contributed by atoms with Crippen LogP contribution in [0.2, 0.25) is 0 Å². The number of H-pyrrole nitrogens is 1. The number of aromatic nitrogens is 1. The number of hydrogen-bond donors (Lipinski definition) is 1. The van der Waals surface area contributed by atoms with Crippen molar-refractivity contribution in [3.63, 3.8) is 0 Å². The quantitative estimate of drug-likeness (QED) is 0.685. The zero-order valence-corrected chi connectivity index (χ0v) is 16.5. The van der Waals surface area contributed by atoms with E-state index in [4.69, 9.17) is 4.42 Å². The largest absolute Gasteiger partial charge is 0.459 e. The fourth-order valence-electron chi connectivity index (χ4n) is 3.79. The van der Waals surface area contributed by atoms with E-state index >= 15 is 0 Å². The van der Waals surface area contributed by atoms with Gasteiger partial charge in [-0.1, -0.05) is 18.2 Å². The van der Waals surface area contributed by atoms with Crippen molar-refractivity contribution in [1.82, 2.24) is 5.32 Å². The SMILES string of the molecule is C[C@@H](NC(=O)C1CCN(c2ccc(C(F)(F)F)c[nH+]2)CC1)c1cc2ccccc2o1. The highest BCUT2D eigenvalue weighted by molar-refractivity contribution is 5.80. The van der Waals surface area contributed by atoms with Gasteiger partial charge in [-0.25, -0.2) is 4.98 Å². The summed E-state index contributed by atoms with van der Waals surface area (Å²) in [6.07, 6.45) is -2.12. The smallest absolute Gasteiger partial charge is 0.419 e. The van der Waals surface area contributed by atoms with Gasteiger partial charge in [0.1, 0.15) is 17.5 Å². The van der Waals surface area contributed by atoms with Gasteiger partial charge in [-0.15, -0.1) is 0 Å². The summed E-state index contributed by atoms with van der Waals surface area (Å²) in [6, 6.07) is 11.9. The molecule has 0 aliphatic carbocycles. The van der Waals surface area contributed by atoms with Crippen molar-refractivity contribution in [2.75, 3.05) is 18.0 Å². The van der Waals surface area contributed by atoms with Gasteiger partial charge in [0, 0.05) is 17.4 Å². The zero-order valence-electron chi connectivity index (χ0n) is 16.5. The predicted molar refractivity (Wildman–Crippen MR) is 106 cm³/mol. The van der Waals surface area contributed by atoms with Crippen molar-refractivity contribution >= 4 is 22.7 Å². The number of benzene rings is 1. The fourth-order valence-corrected chi connectivity index (χ4v) is 3.79. The lowest BCUT2D eigenvalue weighted by Gasteiger charge is -2.27. The van der Waals surface area contributed by atoms with Crippen LogP contribution in [0.4, 0.5) is 19.0 Å². The molecule has 1 aromatic carbocycles. The first-order chi connectivity index (χ1) is 14.3. The average Bonchev–Trinajstić information content (AvgIpc) is 3.18. The monoisotopic (exact) mass is 418 g/mol. The summed E-state index contributed by atoms with van der Waals surface area (Å²) in [5, 5.41) is 4.02. The average molecular weight is 418 g/mol. The fraction of sp³-hybridized carbons (Fsp3) is 0.364. The minimum atomic E-state index is -4.36. The van der Waals surface area contributed by atoms with Gasteiger partial charge in [-0.3, -0.25) is 9.69 Å². The van der Waals surface area contributed by atoms with E-state index in [0.29, 0.717) is 37.5 Å². The number of hydrogen-bond acceptors (Lipinski definition) is 3. The molecule has 3 aromatic rings. The summed E-state index contributed by atoms with van der Waals surface area (Å²) in [7, 11) is 0. The van der Waals surface area contributed by atoms with Crippen LogP contribution in [0.5, 0.6) is 0 Å². The molecule has 1 amide bonds. The standard InChI is InChI=1S/C22H22F3N3O2/c1-14(19-12-16-4-2-3-5-18(16)30-19)27-21(29)15-8-10-28(11-9-15)20-7-6-17(13-26-20)22(23,24)25/h2-7,12-15H,8-11H2,1H3,(H,27,29)/p+1/t14-/m1/s1. The first kappa shape index (κ1) is 20.3. The van der Waals surface area contributed by atoms with Crippen LogP contribution in [0.3, 0.4) is 0 Å². The van der Waals surface area contributed by atoms with E-state index in [9.17, 15) is 18.0 Å². The molecule has 0 radical (unpaired) electrons. The van der Waals surface area contributed by atoms with E-state index < -0.39 is 11.7 Å². The van der Waals surface area contributed by atoms with E-state index in [1.807, 2.05) is 42.2 Å². The molecular weight excluding hydrogens is 395 g/mol. The van der Waals surface area contributed by atoms with Crippen LogP contribution in [-0.4, -0.2) is 19.0 Å². The van der Waals surface area contributed by atoms with E-state index in [1.54, 1.807) is 0 Å². The van der Waals surface area contributed by atoms with Gasteiger partial charge in [0.15, 0.2) is 0 Å². The molecule has 3 heterocycles. The summed E-state index contributed by atoms with van der Waals surface area (Å²) in [6.45, 7) is 3.08. The number of nitrogens with zero attached hydrogens (tertiary/aromatic N) is 1. The molecule has 1 atom stereocenters. The molecular formula is C22H23F3N3O2+. The van der Waals surface area contributed by atoms with Crippen LogP contribution in [0.25, 0.3) is 11.0 Å². The Morgan fingerprint density at radius 3 is 2.57 bits per heavy atom. The number of furan rings is 1. The van der Waals surface area contributed by atoms with Crippen molar-refractivity contribution in [1.29, 1.82) is 0 Å². The van der Waals surface area contributed by atoms with E-state index in [2.05, 4.69) is 10.3 Å². The number of rotatable bonds is 4. The molecule has 1 aliphatic rings.